The standard InChI is InChI=1S/C19H21N3O4/c1-25-15-4-2-3-14(11-15)12-21-9-6-19(18(21)24)7-10-22(13-19)17(23)16-5-8-20-26-16/h2-5,8,11H,6-7,9-10,12-13H2,1H3. The third-order valence-electron chi connectivity index (χ3n) is 5.40. The molecule has 2 amide bonds. The Labute approximate surface area is 151 Å². The van der Waals surface area contributed by atoms with Gasteiger partial charge in [-0.15, -0.1) is 0 Å². The Bertz CT molecular complexity index is 820. The molecule has 0 bridgehead atoms. The van der Waals surface area contributed by atoms with Crippen LogP contribution in [-0.4, -0.2) is 53.5 Å². The summed E-state index contributed by atoms with van der Waals surface area (Å²) < 4.78 is 10.2. The van der Waals surface area contributed by atoms with E-state index in [4.69, 9.17) is 9.26 Å². The van der Waals surface area contributed by atoms with Crippen molar-refractivity contribution in [3.8, 4) is 5.75 Å². The molecule has 0 N–H and O–H groups in total. The van der Waals surface area contributed by atoms with Gasteiger partial charge in [-0.3, -0.25) is 9.59 Å². The van der Waals surface area contributed by atoms with Gasteiger partial charge in [-0.2, -0.15) is 0 Å². The molecule has 2 aliphatic heterocycles. The Balaban J connectivity index is 1.44. The van der Waals surface area contributed by atoms with Crippen LogP contribution in [0, 0.1) is 5.41 Å². The molecule has 0 saturated carbocycles. The van der Waals surface area contributed by atoms with Crippen LogP contribution in [-0.2, 0) is 11.3 Å². The van der Waals surface area contributed by atoms with Crippen molar-refractivity contribution in [2.24, 2.45) is 5.41 Å². The predicted molar refractivity (Wildman–Crippen MR) is 92.5 cm³/mol. The van der Waals surface area contributed by atoms with E-state index in [-0.39, 0.29) is 17.6 Å². The summed E-state index contributed by atoms with van der Waals surface area (Å²) >= 11 is 0. The zero-order valence-electron chi connectivity index (χ0n) is 14.7. The summed E-state index contributed by atoms with van der Waals surface area (Å²) in [6, 6.07) is 9.32. The highest BCUT2D eigenvalue weighted by Gasteiger charge is 2.51. The van der Waals surface area contributed by atoms with Crippen molar-refractivity contribution in [3.05, 3.63) is 47.9 Å². The maximum absolute atomic E-state index is 13.1. The van der Waals surface area contributed by atoms with E-state index in [9.17, 15) is 9.59 Å². The van der Waals surface area contributed by atoms with Crippen molar-refractivity contribution in [2.75, 3.05) is 26.7 Å². The van der Waals surface area contributed by atoms with E-state index in [2.05, 4.69) is 5.16 Å². The molecule has 2 aliphatic rings. The quantitative estimate of drug-likeness (QED) is 0.838. The smallest absolute Gasteiger partial charge is 0.292 e. The van der Waals surface area contributed by atoms with E-state index in [1.165, 1.54) is 6.20 Å². The first-order valence-corrected chi connectivity index (χ1v) is 8.74. The second-order valence-corrected chi connectivity index (χ2v) is 6.96. The predicted octanol–water partition coefficient (Wildman–Crippen LogP) is 1.95. The number of likely N-dealkylation sites (tertiary alicyclic amines) is 2. The lowest BCUT2D eigenvalue weighted by Crippen LogP contribution is -2.38. The molecule has 2 aromatic rings. The minimum Gasteiger partial charge on any atom is -0.497 e. The van der Waals surface area contributed by atoms with Crippen molar-refractivity contribution in [1.82, 2.24) is 15.0 Å². The van der Waals surface area contributed by atoms with Crippen LogP contribution in [0.15, 0.2) is 41.1 Å². The molecule has 1 aromatic carbocycles. The van der Waals surface area contributed by atoms with Crippen LogP contribution in [0.3, 0.4) is 0 Å². The van der Waals surface area contributed by atoms with Gasteiger partial charge in [0.1, 0.15) is 5.75 Å². The van der Waals surface area contributed by atoms with Crippen LogP contribution in [0.4, 0.5) is 0 Å². The first-order chi connectivity index (χ1) is 12.6. The number of aromatic nitrogens is 1. The highest BCUT2D eigenvalue weighted by Crippen LogP contribution is 2.41. The molecule has 0 radical (unpaired) electrons. The summed E-state index contributed by atoms with van der Waals surface area (Å²) in [5, 5.41) is 3.58. The zero-order chi connectivity index (χ0) is 18.1. The molecule has 4 rings (SSSR count). The Hall–Kier alpha value is -2.83. The monoisotopic (exact) mass is 355 g/mol. The van der Waals surface area contributed by atoms with Crippen LogP contribution in [0.5, 0.6) is 5.75 Å². The van der Waals surface area contributed by atoms with E-state index < -0.39 is 5.41 Å². The summed E-state index contributed by atoms with van der Waals surface area (Å²) in [7, 11) is 1.63. The Morgan fingerprint density at radius 3 is 2.92 bits per heavy atom. The SMILES string of the molecule is COc1cccc(CN2CCC3(CCN(C(=O)c4ccno4)C3)C2=O)c1. The lowest BCUT2D eigenvalue weighted by molar-refractivity contribution is -0.135. The molecule has 1 aromatic heterocycles. The fraction of sp³-hybridized carbons (Fsp3) is 0.421. The normalized spacial score (nSPS) is 22.4. The highest BCUT2D eigenvalue weighted by atomic mass is 16.5. The minimum absolute atomic E-state index is 0.133. The first kappa shape index (κ1) is 16.6. The van der Waals surface area contributed by atoms with Gasteiger partial charge in [-0.25, -0.2) is 0 Å². The molecule has 3 heterocycles. The molecular formula is C19H21N3O4. The first-order valence-electron chi connectivity index (χ1n) is 8.74. The fourth-order valence-corrected chi connectivity index (χ4v) is 3.94. The number of hydrogen-bond acceptors (Lipinski definition) is 5. The topological polar surface area (TPSA) is 75.9 Å². The summed E-state index contributed by atoms with van der Waals surface area (Å²) in [6.45, 7) is 2.28. The van der Waals surface area contributed by atoms with Gasteiger partial charge in [-0.05, 0) is 30.5 Å². The average molecular weight is 355 g/mol. The fourth-order valence-electron chi connectivity index (χ4n) is 3.94. The molecule has 7 nitrogen and oxygen atoms in total. The molecule has 2 fully saturated rings. The Kier molecular flexibility index (Phi) is 4.14. The van der Waals surface area contributed by atoms with Crippen molar-refractivity contribution >= 4 is 11.8 Å². The maximum Gasteiger partial charge on any atom is 0.292 e. The number of rotatable bonds is 4. The van der Waals surface area contributed by atoms with Gasteiger partial charge in [0.2, 0.25) is 11.7 Å². The van der Waals surface area contributed by atoms with Crippen molar-refractivity contribution < 1.29 is 18.8 Å². The van der Waals surface area contributed by atoms with Gasteiger partial charge >= 0.3 is 0 Å². The van der Waals surface area contributed by atoms with Crippen LogP contribution >= 0.6 is 0 Å². The minimum atomic E-state index is -0.464. The number of methoxy groups -OCH3 is 1. The van der Waals surface area contributed by atoms with Crippen LogP contribution in [0.25, 0.3) is 0 Å². The number of nitrogens with zero attached hydrogens (tertiary/aromatic N) is 3. The lowest BCUT2D eigenvalue weighted by atomic mass is 9.85. The number of hydrogen-bond donors (Lipinski definition) is 0. The summed E-state index contributed by atoms with van der Waals surface area (Å²) in [5.74, 6) is 0.945. The average Bonchev–Trinajstić information content (AvgIpc) is 3.40. The lowest BCUT2D eigenvalue weighted by Gasteiger charge is -2.23. The molecule has 136 valence electrons. The van der Waals surface area contributed by atoms with Gasteiger partial charge in [0, 0.05) is 32.2 Å². The zero-order valence-corrected chi connectivity index (χ0v) is 14.7. The van der Waals surface area contributed by atoms with E-state index in [0.717, 1.165) is 17.7 Å². The largest absolute Gasteiger partial charge is 0.497 e. The van der Waals surface area contributed by atoms with Gasteiger partial charge in [0.25, 0.3) is 5.91 Å². The second kappa shape index (κ2) is 6.48. The number of carbonyl (C=O) groups is 2. The van der Waals surface area contributed by atoms with Crippen molar-refractivity contribution in [1.29, 1.82) is 0 Å². The van der Waals surface area contributed by atoms with Crippen LogP contribution in [0.1, 0.15) is 29.0 Å². The van der Waals surface area contributed by atoms with Crippen LogP contribution in [0.2, 0.25) is 0 Å². The molecule has 0 aliphatic carbocycles. The Morgan fingerprint density at radius 2 is 2.15 bits per heavy atom. The van der Waals surface area contributed by atoms with E-state index in [1.807, 2.05) is 29.2 Å². The number of carbonyl (C=O) groups excluding carboxylic acids is 2. The van der Waals surface area contributed by atoms with Crippen molar-refractivity contribution in [3.63, 3.8) is 0 Å². The number of amides is 2. The van der Waals surface area contributed by atoms with Crippen LogP contribution < -0.4 is 4.74 Å². The van der Waals surface area contributed by atoms with E-state index in [0.29, 0.717) is 32.6 Å². The van der Waals surface area contributed by atoms with Gasteiger partial charge in [-0.1, -0.05) is 17.3 Å². The molecule has 2 saturated heterocycles. The van der Waals surface area contributed by atoms with Gasteiger partial charge in [0.05, 0.1) is 18.7 Å². The highest BCUT2D eigenvalue weighted by molar-refractivity contribution is 5.93. The van der Waals surface area contributed by atoms with Crippen molar-refractivity contribution in [2.45, 2.75) is 19.4 Å². The van der Waals surface area contributed by atoms with E-state index >= 15 is 0 Å². The number of ether oxygens (including phenoxy) is 1. The molecular weight excluding hydrogens is 334 g/mol. The van der Waals surface area contributed by atoms with Gasteiger partial charge < -0.3 is 19.1 Å². The molecule has 26 heavy (non-hydrogen) atoms. The van der Waals surface area contributed by atoms with Gasteiger partial charge in [0.15, 0.2) is 0 Å². The summed E-state index contributed by atoms with van der Waals surface area (Å²) in [6.07, 6.45) is 2.92. The molecule has 1 spiro atoms. The third kappa shape index (κ3) is 2.83. The summed E-state index contributed by atoms with van der Waals surface area (Å²) in [4.78, 5) is 29.1. The molecule has 1 unspecified atom stereocenters. The molecule has 1 atom stereocenters. The summed E-state index contributed by atoms with van der Waals surface area (Å²) in [5.41, 5.74) is 0.580. The van der Waals surface area contributed by atoms with E-state index in [1.54, 1.807) is 18.1 Å². The maximum atomic E-state index is 13.1. The Morgan fingerprint density at radius 1 is 1.31 bits per heavy atom. The second-order valence-electron chi connectivity index (χ2n) is 6.96. The molecule has 7 heteroatoms. The number of benzene rings is 1. The third-order valence-corrected chi connectivity index (χ3v) is 5.40.